The topological polar surface area (TPSA) is 76.1 Å². The van der Waals surface area contributed by atoms with Crippen LogP contribution in [-0.2, 0) is 4.74 Å². The smallest absolute Gasteiger partial charge is 0.337 e. The van der Waals surface area contributed by atoms with Crippen LogP contribution in [0.5, 0.6) is 0 Å². The lowest BCUT2D eigenvalue weighted by Crippen LogP contribution is -2.02. The van der Waals surface area contributed by atoms with Gasteiger partial charge in [-0.1, -0.05) is 0 Å². The van der Waals surface area contributed by atoms with Crippen LogP contribution in [0, 0.1) is 23.2 Å². The fourth-order valence-electron chi connectivity index (χ4n) is 1.00. The van der Waals surface area contributed by atoms with Gasteiger partial charge in [-0.05, 0) is 24.1 Å². The van der Waals surface area contributed by atoms with Gasteiger partial charge in [0.25, 0.3) is 0 Å². The summed E-state index contributed by atoms with van der Waals surface area (Å²) in [5, 5.41) is 8.29. The zero-order valence-electron chi connectivity index (χ0n) is 8.07. The molecule has 0 aliphatic carbocycles. The lowest BCUT2D eigenvalue weighted by atomic mass is 10.1. The molecule has 4 heteroatoms. The van der Waals surface area contributed by atoms with Crippen LogP contribution in [0.4, 0.5) is 5.69 Å². The van der Waals surface area contributed by atoms with E-state index in [-0.39, 0.29) is 0 Å². The summed E-state index contributed by atoms with van der Waals surface area (Å²) in [7, 11) is 1.29. The molecule has 0 radical (unpaired) electrons. The van der Waals surface area contributed by atoms with E-state index in [4.69, 9.17) is 11.0 Å². The van der Waals surface area contributed by atoms with Crippen molar-refractivity contribution >= 4 is 11.7 Å². The number of ether oxygens (including phenoxy) is 1. The Morgan fingerprint density at radius 1 is 1.53 bits per heavy atom. The Bertz CT molecular complexity index is 490. The fraction of sp³-hybridized carbons (Fsp3) is 0.0909. The van der Waals surface area contributed by atoms with Crippen molar-refractivity contribution in [3.05, 3.63) is 29.3 Å². The van der Waals surface area contributed by atoms with Crippen LogP contribution in [0.2, 0.25) is 0 Å². The average Bonchev–Trinajstić information content (AvgIpc) is 2.27. The number of anilines is 1. The molecule has 0 saturated heterocycles. The number of benzene rings is 1. The number of nitrogen functional groups attached to an aromatic ring is 1. The standard InChI is InChI=1S/C11H8N2O2/c1-15-11(14)9-4-5-10(13)8(7-9)3-2-6-12/h4-5,7H,13H2,1H3. The van der Waals surface area contributed by atoms with Crippen molar-refractivity contribution < 1.29 is 9.53 Å². The Kier molecular flexibility index (Phi) is 3.32. The maximum atomic E-state index is 11.2. The Morgan fingerprint density at radius 3 is 2.87 bits per heavy atom. The predicted octanol–water partition coefficient (Wildman–Crippen LogP) is 0.930. The van der Waals surface area contributed by atoms with Gasteiger partial charge in [-0.15, -0.1) is 0 Å². The second kappa shape index (κ2) is 4.69. The van der Waals surface area contributed by atoms with Crippen LogP contribution >= 0.6 is 0 Å². The van der Waals surface area contributed by atoms with Crippen molar-refractivity contribution in [1.29, 1.82) is 5.26 Å². The van der Waals surface area contributed by atoms with Crippen LogP contribution < -0.4 is 5.73 Å². The molecule has 0 aliphatic heterocycles. The second-order valence-corrected chi connectivity index (χ2v) is 2.66. The van der Waals surface area contributed by atoms with Crippen LogP contribution in [-0.4, -0.2) is 13.1 Å². The van der Waals surface area contributed by atoms with Crippen molar-refractivity contribution in [2.45, 2.75) is 0 Å². The van der Waals surface area contributed by atoms with Gasteiger partial charge in [-0.25, -0.2) is 4.79 Å². The SMILES string of the molecule is COC(=O)c1ccc(N)c(C#CC#N)c1. The molecule has 2 N–H and O–H groups in total. The number of carbonyl (C=O) groups excluding carboxylic acids is 1. The van der Waals surface area contributed by atoms with Crippen LogP contribution in [0.25, 0.3) is 0 Å². The average molecular weight is 200 g/mol. The third kappa shape index (κ3) is 2.49. The first-order valence-electron chi connectivity index (χ1n) is 4.07. The second-order valence-electron chi connectivity index (χ2n) is 2.66. The minimum Gasteiger partial charge on any atom is -0.465 e. The van der Waals surface area contributed by atoms with E-state index >= 15 is 0 Å². The molecule has 0 saturated carbocycles. The highest BCUT2D eigenvalue weighted by Crippen LogP contribution is 2.13. The van der Waals surface area contributed by atoms with Crippen molar-refractivity contribution in [2.24, 2.45) is 0 Å². The largest absolute Gasteiger partial charge is 0.465 e. The van der Waals surface area contributed by atoms with Gasteiger partial charge in [0.05, 0.1) is 12.7 Å². The number of esters is 1. The molecule has 0 spiro atoms. The molecule has 1 rings (SSSR count). The quantitative estimate of drug-likeness (QED) is 0.415. The van der Waals surface area contributed by atoms with Crippen molar-refractivity contribution in [3.8, 4) is 17.9 Å². The summed E-state index contributed by atoms with van der Waals surface area (Å²) >= 11 is 0. The zero-order valence-corrected chi connectivity index (χ0v) is 8.07. The maximum Gasteiger partial charge on any atom is 0.337 e. The first-order valence-corrected chi connectivity index (χ1v) is 4.07. The van der Waals surface area contributed by atoms with Gasteiger partial charge in [-0.2, -0.15) is 5.26 Å². The van der Waals surface area contributed by atoms with Crippen LogP contribution in [0.15, 0.2) is 18.2 Å². The first-order chi connectivity index (χ1) is 7.19. The molecule has 0 bridgehead atoms. The van der Waals surface area contributed by atoms with E-state index in [0.717, 1.165) is 0 Å². The van der Waals surface area contributed by atoms with Crippen molar-refractivity contribution in [3.63, 3.8) is 0 Å². The first kappa shape index (κ1) is 10.6. The number of carbonyl (C=O) groups is 1. The van der Waals surface area contributed by atoms with Gasteiger partial charge in [0.15, 0.2) is 6.07 Å². The molecule has 4 nitrogen and oxygen atoms in total. The van der Waals surface area contributed by atoms with E-state index in [1.165, 1.54) is 13.2 Å². The van der Waals surface area contributed by atoms with Crippen LogP contribution in [0.1, 0.15) is 15.9 Å². The Hall–Kier alpha value is -2.46. The lowest BCUT2D eigenvalue weighted by Gasteiger charge is -2.01. The monoisotopic (exact) mass is 200 g/mol. The summed E-state index contributed by atoms with van der Waals surface area (Å²) in [6.07, 6.45) is 0. The Balaban J connectivity index is 3.18. The summed E-state index contributed by atoms with van der Waals surface area (Å²) < 4.78 is 4.54. The maximum absolute atomic E-state index is 11.2. The van der Waals surface area contributed by atoms with E-state index in [9.17, 15) is 4.79 Å². The molecule has 0 unspecified atom stereocenters. The van der Waals surface area contributed by atoms with Crippen molar-refractivity contribution in [2.75, 3.05) is 12.8 Å². The van der Waals surface area contributed by atoms with E-state index in [1.54, 1.807) is 18.2 Å². The van der Waals surface area contributed by atoms with Gasteiger partial charge in [0.2, 0.25) is 0 Å². The predicted molar refractivity (Wildman–Crippen MR) is 54.7 cm³/mol. The lowest BCUT2D eigenvalue weighted by molar-refractivity contribution is 0.0600. The molecule has 0 aromatic heterocycles. The molecule has 1 aromatic rings. The number of hydrogen-bond acceptors (Lipinski definition) is 4. The van der Waals surface area contributed by atoms with E-state index in [0.29, 0.717) is 16.8 Å². The van der Waals surface area contributed by atoms with E-state index in [1.807, 2.05) is 0 Å². The number of rotatable bonds is 1. The number of hydrogen-bond donors (Lipinski definition) is 1. The normalized spacial score (nSPS) is 8.27. The molecule has 0 fully saturated rings. The van der Waals surface area contributed by atoms with Gasteiger partial charge < -0.3 is 10.5 Å². The zero-order chi connectivity index (χ0) is 11.3. The third-order valence-electron chi connectivity index (χ3n) is 1.73. The van der Waals surface area contributed by atoms with E-state index in [2.05, 4.69) is 16.6 Å². The van der Waals surface area contributed by atoms with Gasteiger partial charge in [0.1, 0.15) is 0 Å². The summed E-state index contributed by atoms with van der Waals surface area (Å²) in [4.78, 5) is 11.2. The molecular formula is C11H8N2O2. The number of nitriles is 1. The number of nitrogens with two attached hydrogens (primary N) is 1. The molecule has 0 aliphatic rings. The van der Waals surface area contributed by atoms with Gasteiger partial charge in [0, 0.05) is 17.2 Å². The molecule has 1 aromatic carbocycles. The molecule has 0 amide bonds. The minimum absolute atomic E-state index is 0.355. The summed E-state index contributed by atoms with van der Waals surface area (Å²) in [6, 6.07) is 6.25. The fourth-order valence-corrected chi connectivity index (χ4v) is 1.00. The van der Waals surface area contributed by atoms with Crippen molar-refractivity contribution in [1.82, 2.24) is 0 Å². The van der Waals surface area contributed by atoms with Gasteiger partial charge >= 0.3 is 5.97 Å². The minimum atomic E-state index is -0.463. The third-order valence-corrected chi connectivity index (χ3v) is 1.73. The summed E-state index contributed by atoms with van der Waals surface area (Å²) in [6.45, 7) is 0. The highest BCUT2D eigenvalue weighted by Gasteiger charge is 2.06. The van der Waals surface area contributed by atoms with E-state index < -0.39 is 5.97 Å². The summed E-state index contributed by atoms with van der Waals surface area (Å²) in [5.74, 6) is 4.29. The molecule has 15 heavy (non-hydrogen) atoms. The number of nitrogens with zero attached hydrogens (tertiary/aromatic N) is 1. The molecule has 74 valence electrons. The number of methoxy groups -OCH3 is 1. The Labute approximate surface area is 87.3 Å². The van der Waals surface area contributed by atoms with Gasteiger partial charge in [-0.3, -0.25) is 0 Å². The molecular weight excluding hydrogens is 192 g/mol. The molecule has 0 heterocycles. The van der Waals surface area contributed by atoms with Crippen LogP contribution in [0.3, 0.4) is 0 Å². The highest BCUT2D eigenvalue weighted by atomic mass is 16.5. The molecule has 0 atom stereocenters. The Morgan fingerprint density at radius 2 is 2.27 bits per heavy atom. The highest BCUT2D eigenvalue weighted by molar-refractivity contribution is 5.90. The summed E-state index contributed by atoms with van der Waals surface area (Å²) in [5.41, 5.74) is 6.83.